The predicted octanol–water partition coefficient (Wildman–Crippen LogP) is -0.550. The Morgan fingerprint density at radius 1 is 1.64 bits per heavy atom. The van der Waals surface area contributed by atoms with Crippen molar-refractivity contribution in [3.63, 3.8) is 0 Å². The van der Waals surface area contributed by atoms with Gasteiger partial charge < -0.3 is 5.11 Å². The van der Waals surface area contributed by atoms with Crippen LogP contribution in [0.1, 0.15) is 0 Å². The standard InChI is InChI=1S/C5H6N2O5S2/c6-5-7-2(1-13-5)3(4(8)9)14(10,11)12/h3,6H,1H2,(H,8,9)(H,10,11,12). The molecule has 1 atom stereocenters. The Labute approximate surface area is 83.5 Å². The molecule has 1 rings (SSSR count). The van der Waals surface area contributed by atoms with Crippen LogP contribution < -0.4 is 0 Å². The fraction of sp³-hybridized carbons (Fsp3) is 0.400. The first kappa shape index (κ1) is 11.1. The first-order valence-electron chi connectivity index (χ1n) is 3.30. The molecule has 0 bridgehead atoms. The maximum atomic E-state index is 10.7. The van der Waals surface area contributed by atoms with E-state index >= 15 is 0 Å². The van der Waals surface area contributed by atoms with Gasteiger partial charge in [-0.25, -0.2) is 4.99 Å². The van der Waals surface area contributed by atoms with Crippen molar-refractivity contribution in [1.29, 1.82) is 5.41 Å². The van der Waals surface area contributed by atoms with Crippen LogP contribution in [-0.4, -0.2) is 45.9 Å². The quantitative estimate of drug-likeness (QED) is 0.566. The zero-order valence-corrected chi connectivity index (χ0v) is 8.30. The minimum atomic E-state index is -4.71. The Bertz CT molecular complexity index is 412. The molecule has 1 heterocycles. The average Bonchev–Trinajstić information content (AvgIpc) is 2.31. The van der Waals surface area contributed by atoms with Gasteiger partial charge in [-0.1, -0.05) is 11.8 Å². The molecule has 0 aromatic rings. The first-order valence-corrected chi connectivity index (χ1v) is 5.79. The monoisotopic (exact) mass is 238 g/mol. The third-order valence-electron chi connectivity index (χ3n) is 1.43. The number of hydrogen-bond acceptors (Lipinski definition) is 5. The minimum Gasteiger partial charge on any atom is -0.480 e. The Morgan fingerprint density at radius 2 is 2.21 bits per heavy atom. The molecule has 0 aromatic heterocycles. The van der Waals surface area contributed by atoms with E-state index in [2.05, 4.69) is 4.99 Å². The van der Waals surface area contributed by atoms with Crippen LogP contribution in [0.25, 0.3) is 0 Å². The van der Waals surface area contributed by atoms with Crippen LogP contribution in [0.5, 0.6) is 0 Å². The highest BCUT2D eigenvalue weighted by atomic mass is 32.2. The van der Waals surface area contributed by atoms with Gasteiger partial charge >= 0.3 is 5.97 Å². The van der Waals surface area contributed by atoms with Gasteiger partial charge in [-0.15, -0.1) is 0 Å². The maximum absolute atomic E-state index is 10.7. The number of nitrogens with one attached hydrogen (secondary N) is 1. The van der Waals surface area contributed by atoms with E-state index < -0.39 is 21.3 Å². The first-order chi connectivity index (χ1) is 6.32. The van der Waals surface area contributed by atoms with Crippen molar-refractivity contribution >= 4 is 38.7 Å². The lowest BCUT2D eigenvalue weighted by Gasteiger charge is -2.06. The lowest BCUT2D eigenvalue weighted by Crippen LogP contribution is -2.37. The summed E-state index contributed by atoms with van der Waals surface area (Å²) in [6.07, 6.45) is 0. The van der Waals surface area contributed by atoms with Crippen molar-refractivity contribution in [2.45, 2.75) is 5.25 Å². The number of aliphatic carboxylic acids is 1. The largest absolute Gasteiger partial charge is 0.480 e. The number of carboxylic acid groups (broad SMARTS) is 1. The van der Waals surface area contributed by atoms with E-state index in [1.807, 2.05) is 0 Å². The molecule has 1 aliphatic heterocycles. The van der Waals surface area contributed by atoms with Gasteiger partial charge in [0.15, 0.2) is 5.17 Å². The second-order valence-electron chi connectivity index (χ2n) is 2.43. The number of rotatable bonds is 3. The molecule has 0 saturated carbocycles. The Kier molecular flexibility index (Phi) is 2.92. The Balaban J connectivity index is 3.08. The van der Waals surface area contributed by atoms with Crippen LogP contribution >= 0.6 is 11.8 Å². The summed E-state index contributed by atoms with van der Waals surface area (Å²) in [6.45, 7) is 0. The predicted molar refractivity (Wildman–Crippen MR) is 50.6 cm³/mol. The van der Waals surface area contributed by atoms with Crippen LogP contribution in [0.3, 0.4) is 0 Å². The van der Waals surface area contributed by atoms with Gasteiger partial charge in [0.1, 0.15) is 0 Å². The van der Waals surface area contributed by atoms with Crippen molar-refractivity contribution in [3.8, 4) is 0 Å². The molecule has 0 radical (unpaired) electrons. The second kappa shape index (κ2) is 3.67. The molecule has 1 aliphatic rings. The average molecular weight is 238 g/mol. The molecule has 1 unspecified atom stereocenters. The highest BCUT2D eigenvalue weighted by Crippen LogP contribution is 2.17. The van der Waals surface area contributed by atoms with Gasteiger partial charge in [0.25, 0.3) is 10.1 Å². The summed E-state index contributed by atoms with van der Waals surface area (Å²) in [6, 6.07) is 0. The van der Waals surface area contributed by atoms with Crippen molar-refractivity contribution in [1.82, 2.24) is 0 Å². The molecule has 0 fully saturated rings. The van der Waals surface area contributed by atoms with E-state index in [1.165, 1.54) is 0 Å². The van der Waals surface area contributed by atoms with Gasteiger partial charge in [-0.2, -0.15) is 8.42 Å². The Hall–Kier alpha value is -0.930. The summed E-state index contributed by atoms with van der Waals surface area (Å²) >= 11 is 0.908. The highest BCUT2D eigenvalue weighted by molar-refractivity contribution is 8.14. The van der Waals surface area contributed by atoms with E-state index in [4.69, 9.17) is 15.1 Å². The van der Waals surface area contributed by atoms with Gasteiger partial charge in [-0.3, -0.25) is 14.8 Å². The van der Waals surface area contributed by atoms with Crippen LogP contribution in [0.2, 0.25) is 0 Å². The topological polar surface area (TPSA) is 128 Å². The van der Waals surface area contributed by atoms with Crippen LogP contribution in [0, 0.1) is 5.41 Å². The number of carbonyl (C=O) groups is 1. The molecule has 0 amide bonds. The summed E-state index contributed by atoms with van der Waals surface area (Å²) < 4.78 is 30.0. The summed E-state index contributed by atoms with van der Waals surface area (Å²) in [5.41, 5.74) is -0.227. The van der Waals surface area contributed by atoms with Crippen molar-refractivity contribution in [2.24, 2.45) is 4.99 Å². The van der Waals surface area contributed by atoms with Crippen LogP contribution in [0.4, 0.5) is 0 Å². The molecule has 0 aliphatic carbocycles. The summed E-state index contributed by atoms with van der Waals surface area (Å²) in [5.74, 6) is -1.70. The SMILES string of the molecule is N=C1N=C(C(C(=O)O)S(=O)(=O)O)CS1. The molecule has 9 heteroatoms. The summed E-state index contributed by atoms with van der Waals surface area (Å²) in [7, 11) is -4.71. The molecule has 0 spiro atoms. The molecular weight excluding hydrogens is 232 g/mol. The highest BCUT2D eigenvalue weighted by Gasteiger charge is 2.38. The molecule has 0 aromatic carbocycles. The van der Waals surface area contributed by atoms with Crippen LogP contribution in [0.15, 0.2) is 4.99 Å². The normalized spacial score (nSPS) is 19.2. The molecule has 78 valence electrons. The van der Waals surface area contributed by atoms with Crippen LogP contribution in [-0.2, 0) is 14.9 Å². The van der Waals surface area contributed by atoms with E-state index in [1.54, 1.807) is 0 Å². The van der Waals surface area contributed by atoms with Crippen molar-refractivity contribution in [2.75, 3.05) is 5.75 Å². The van der Waals surface area contributed by atoms with Gasteiger partial charge in [0.2, 0.25) is 5.25 Å². The number of nitrogens with zero attached hydrogens (tertiary/aromatic N) is 1. The summed E-state index contributed by atoms with van der Waals surface area (Å²) in [5, 5.41) is 13.4. The second-order valence-corrected chi connectivity index (χ2v) is 4.90. The molecular formula is C5H6N2O5S2. The third-order valence-corrected chi connectivity index (χ3v) is 3.30. The maximum Gasteiger partial charge on any atom is 0.330 e. The number of aliphatic imine (C=N–C) groups is 1. The lowest BCUT2D eigenvalue weighted by atomic mass is 10.3. The summed E-state index contributed by atoms with van der Waals surface area (Å²) in [4.78, 5) is 14.0. The Morgan fingerprint density at radius 3 is 2.50 bits per heavy atom. The molecule has 3 N–H and O–H groups in total. The fourth-order valence-electron chi connectivity index (χ4n) is 0.913. The fourth-order valence-corrected chi connectivity index (χ4v) is 2.45. The van der Waals surface area contributed by atoms with E-state index in [0.29, 0.717) is 0 Å². The number of carboxylic acids is 1. The number of amidine groups is 1. The zero-order chi connectivity index (χ0) is 10.9. The lowest BCUT2D eigenvalue weighted by molar-refractivity contribution is -0.135. The van der Waals surface area contributed by atoms with Gasteiger partial charge in [-0.05, 0) is 0 Å². The zero-order valence-electron chi connectivity index (χ0n) is 6.67. The molecule has 7 nitrogen and oxygen atoms in total. The molecule has 14 heavy (non-hydrogen) atoms. The minimum absolute atomic E-state index is 0.00437. The van der Waals surface area contributed by atoms with Crippen molar-refractivity contribution in [3.05, 3.63) is 0 Å². The van der Waals surface area contributed by atoms with E-state index in [9.17, 15) is 13.2 Å². The number of hydrogen-bond donors (Lipinski definition) is 3. The van der Waals surface area contributed by atoms with E-state index in [0.717, 1.165) is 11.8 Å². The van der Waals surface area contributed by atoms with Crippen molar-refractivity contribution < 1.29 is 22.9 Å². The van der Waals surface area contributed by atoms with Gasteiger partial charge in [0.05, 0.1) is 5.71 Å². The van der Waals surface area contributed by atoms with E-state index in [-0.39, 0.29) is 16.6 Å². The third kappa shape index (κ3) is 2.30. The number of thioether (sulfide) groups is 1. The smallest absolute Gasteiger partial charge is 0.330 e. The molecule has 0 saturated heterocycles. The van der Waals surface area contributed by atoms with Gasteiger partial charge in [0, 0.05) is 5.75 Å².